The van der Waals surface area contributed by atoms with E-state index < -0.39 is 10.0 Å². The number of methoxy groups -OCH3 is 1. The van der Waals surface area contributed by atoms with Gasteiger partial charge in [0.15, 0.2) is 0 Å². The van der Waals surface area contributed by atoms with E-state index in [0.717, 1.165) is 5.56 Å². The van der Waals surface area contributed by atoms with Crippen molar-refractivity contribution in [2.45, 2.75) is 11.4 Å². The number of hydrogen-bond donors (Lipinski definition) is 1. The van der Waals surface area contributed by atoms with E-state index in [1.54, 1.807) is 31.4 Å². The zero-order valence-electron chi connectivity index (χ0n) is 12.7. The summed E-state index contributed by atoms with van der Waals surface area (Å²) in [4.78, 5) is 0.143. The summed E-state index contributed by atoms with van der Waals surface area (Å²) >= 11 is 5.82. The molecule has 0 aliphatic carbocycles. The quantitative estimate of drug-likeness (QED) is 0.739. The number of nitrogens with one attached hydrogen (secondary N) is 1. The highest BCUT2D eigenvalue weighted by Crippen LogP contribution is 2.16. The van der Waals surface area contributed by atoms with Crippen molar-refractivity contribution in [3.8, 4) is 5.75 Å². The largest absolute Gasteiger partial charge is 0.491 e. The van der Waals surface area contributed by atoms with Crippen LogP contribution in [0.15, 0.2) is 53.4 Å². The molecule has 124 valence electrons. The second kappa shape index (κ2) is 8.31. The number of sulfonamides is 1. The van der Waals surface area contributed by atoms with E-state index >= 15 is 0 Å². The van der Waals surface area contributed by atoms with Crippen LogP contribution in [-0.4, -0.2) is 28.7 Å². The first kappa shape index (κ1) is 17.7. The molecule has 2 rings (SSSR count). The predicted molar refractivity (Wildman–Crippen MR) is 89.3 cm³/mol. The smallest absolute Gasteiger partial charge is 0.240 e. The molecule has 0 amide bonds. The van der Waals surface area contributed by atoms with Gasteiger partial charge in [-0.2, -0.15) is 0 Å². The molecule has 0 aliphatic rings. The third kappa shape index (κ3) is 5.51. The maximum Gasteiger partial charge on any atom is 0.240 e. The van der Waals surface area contributed by atoms with Gasteiger partial charge in [-0.3, -0.25) is 0 Å². The molecule has 0 atom stereocenters. The molecule has 5 nitrogen and oxygen atoms in total. The maximum atomic E-state index is 12.2. The van der Waals surface area contributed by atoms with E-state index in [1.807, 2.05) is 12.1 Å². The molecule has 0 heterocycles. The molecule has 23 heavy (non-hydrogen) atoms. The molecule has 0 fully saturated rings. The summed E-state index contributed by atoms with van der Waals surface area (Å²) in [5, 5.41) is 0.380. The average molecular weight is 356 g/mol. The van der Waals surface area contributed by atoms with Crippen LogP contribution in [0.4, 0.5) is 0 Å². The Morgan fingerprint density at radius 2 is 1.83 bits per heavy atom. The van der Waals surface area contributed by atoms with Crippen molar-refractivity contribution >= 4 is 21.6 Å². The van der Waals surface area contributed by atoms with Crippen LogP contribution in [0.3, 0.4) is 0 Å². The minimum atomic E-state index is -3.59. The Labute approximate surface area is 141 Å². The Bertz CT molecular complexity index is 732. The molecular formula is C16H18ClNO4S. The molecule has 0 unspecified atom stereocenters. The first-order valence-corrected chi connectivity index (χ1v) is 8.83. The van der Waals surface area contributed by atoms with Crippen LogP contribution in [0.5, 0.6) is 5.75 Å². The van der Waals surface area contributed by atoms with Gasteiger partial charge in [0.1, 0.15) is 12.4 Å². The van der Waals surface area contributed by atoms with Gasteiger partial charge in [0.2, 0.25) is 10.0 Å². The Morgan fingerprint density at radius 1 is 1.09 bits per heavy atom. The molecule has 0 aromatic heterocycles. The van der Waals surface area contributed by atoms with Gasteiger partial charge >= 0.3 is 0 Å². The summed E-state index contributed by atoms with van der Waals surface area (Å²) in [7, 11) is -1.98. The van der Waals surface area contributed by atoms with Gasteiger partial charge in [0.25, 0.3) is 0 Å². The Hall–Kier alpha value is -1.60. The van der Waals surface area contributed by atoms with Crippen molar-refractivity contribution in [3.63, 3.8) is 0 Å². The minimum absolute atomic E-state index is 0.143. The van der Waals surface area contributed by atoms with E-state index in [2.05, 4.69) is 4.72 Å². The molecule has 0 aliphatic heterocycles. The third-order valence-electron chi connectivity index (χ3n) is 3.05. The highest BCUT2D eigenvalue weighted by molar-refractivity contribution is 7.89. The number of halogens is 1. The van der Waals surface area contributed by atoms with Gasteiger partial charge < -0.3 is 9.47 Å². The first-order chi connectivity index (χ1) is 11.0. The summed E-state index contributed by atoms with van der Waals surface area (Å²) in [5.74, 6) is 0.712. The lowest BCUT2D eigenvalue weighted by Crippen LogP contribution is -2.23. The fourth-order valence-electron chi connectivity index (χ4n) is 1.84. The lowest BCUT2D eigenvalue weighted by Gasteiger charge is -2.09. The molecule has 0 radical (unpaired) electrons. The molecule has 1 N–H and O–H groups in total. The van der Waals surface area contributed by atoms with Crippen LogP contribution in [-0.2, 0) is 21.3 Å². The van der Waals surface area contributed by atoms with Gasteiger partial charge in [0.05, 0.1) is 11.5 Å². The number of ether oxygens (including phenoxy) is 2. The molecule has 7 heteroatoms. The predicted octanol–water partition coefficient (Wildman–Crippen LogP) is 2.84. The SMILES string of the molecule is COCCOc1ccc(CNS(=O)(=O)c2cccc(Cl)c2)cc1. The second-order valence-electron chi connectivity index (χ2n) is 4.77. The highest BCUT2D eigenvalue weighted by Gasteiger charge is 2.13. The van der Waals surface area contributed by atoms with E-state index in [4.69, 9.17) is 21.1 Å². The van der Waals surface area contributed by atoms with E-state index in [-0.39, 0.29) is 11.4 Å². The van der Waals surface area contributed by atoms with Gasteiger partial charge in [-0.1, -0.05) is 29.8 Å². The Morgan fingerprint density at radius 3 is 2.48 bits per heavy atom. The molecule has 0 spiro atoms. The topological polar surface area (TPSA) is 64.6 Å². The van der Waals surface area contributed by atoms with Gasteiger partial charge in [0, 0.05) is 18.7 Å². The van der Waals surface area contributed by atoms with Crippen molar-refractivity contribution in [3.05, 3.63) is 59.1 Å². The normalized spacial score (nSPS) is 11.4. The molecule has 0 bridgehead atoms. The van der Waals surface area contributed by atoms with Crippen molar-refractivity contribution < 1.29 is 17.9 Å². The molecule has 2 aromatic rings. The minimum Gasteiger partial charge on any atom is -0.491 e. The van der Waals surface area contributed by atoms with Gasteiger partial charge in [-0.05, 0) is 35.9 Å². The zero-order chi connectivity index (χ0) is 16.7. The molecule has 0 saturated heterocycles. The molecular weight excluding hydrogens is 338 g/mol. The number of benzene rings is 2. The van der Waals surface area contributed by atoms with Crippen LogP contribution in [0.2, 0.25) is 5.02 Å². The summed E-state index contributed by atoms with van der Waals surface area (Å²) in [6.07, 6.45) is 0. The van der Waals surface area contributed by atoms with Crippen molar-refractivity contribution in [1.29, 1.82) is 0 Å². The van der Waals surface area contributed by atoms with Crippen LogP contribution < -0.4 is 9.46 Å². The lowest BCUT2D eigenvalue weighted by molar-refractivity contribution is 0.146. The van der Waals surface area contributed by atoms with Crippen LogP contribution in [0.1, 0.15) is 5.56 Å². The molecule has 0 saturated carbocycles. The van der Waals surface area contributed by atoms with Crippen LogP contribution >= 0.6 is 11.6 Å². The van der Waals surface area contributed by atoms with Crippen molar-refractivity contribution in [2.75, 3.05) is 20.3 Å². The average Bonchev–Trinajstić information content (AvgIpc) is 2.54. The highest BCUT2D eigenvalue weighted by atomic mass is 35.5. The van der Waals surface area contributed by atoms with E-state index in [1.165, 1.54) is 12.1 Å². The summed E-state index contributed by atoms with van der Waals surface area (Å²) < 4.78 is 37.3. The van der Waals surface area contributed by atoms with Crippen molar-refractivity contribution in [1.82, 2.24) is 4.72 Å². The zero-order valence-corrected chi connectivity index (χ0v) is 14.2. The third-order valence-corrected chi connectivity index (χ3v) is 4.69. The van der Waals surface area contributed by atoms with Gasteiger partial charge in [-0.25, -0.2) is 13.1 Å². The van der Waals surface area contributed by atoms with Gasteiger partial charge in [-0.15, -0.1) is 0 Å². The Kier molecular flexibility index (Phi) is 6.41. The Balaban J connectivity index is 1.95. The summed E-state index contributed by atoms with van der Waals surface area (Å²) in [6.45, 7) is 1.17. The van der Waals surface area contributed by atoms with Crippen LogP contribution in [0, 0.1) is 0 Å². The summed E-state index contributed by atoms with van der Waals surface area (Å²) in [6, 6.07) is 13.3. The fourth-order valence-corrected chi connectivity index (χ4v) is 3.16. The number of hydrogen-bond acceptors (Lipinski definition) is 4. The second-order valence-corrected chi connectivity index (χ2v) is 6.97. The monoisotopic (exact) mass is 355 g/mol. The van der Waals surface area contributed by atoms with E-state index in [0.29, 0.717) is 24.0 Å². The standard InChI is InChI=1S/C16H18ClNO4S/c1-21-9-10-22-15-7-5-13(6-8-15)12-18-23(19,20)16-4-2-3-14(17)11-16/h2-8,11,18H,9-10,12H2,1H3. The maximum absolute atomic E-state index is 12.2. The fraction of sp³-hybridized carbons (Fsp3) is 0.250. The van der Waals surface area contributed by atoms with Crippen LogP contribution in [0.25, 0.3) is 0 Å². The molecule has 2 aromatic carbocycles. The lowest BCUT2D eigenvalue weighted by atomic mass is 10.2. The van der Waals surface area contributed by atoms with Crippen molar-refractivity contribution in [2.24, 2.45) is 0 Å². The summed E-state index contributed by atoms with van der Waals surface area (Å²) in [5.41, 5.74) is 0.828. The first-order valence-electron chi connectivity index (χ1n) is 6.97. The number of rotatable bonds is 8. The van der Waals surface area contributed by atoms with E-state index in [9.17, 15) is 8.42 Å².